The Morgan fingerprint density at radius 1 is 1.09 bits per heavy atom. The molecule has 182 valence electrons. The molecule has 0 aliphatic carbocycles. The fraction of sp³-hybridized carbons (Fsp3) is 0.318. The minimum Gasteiger partial charge on any atom is -0.469 e. The van der Waals surface area contributed by atoms with Gasteiger partial charge in [0.2, 0.25) is 11.8 Å². The number of benzene rings is 1. The van der Waals surface area contributed by atoms with E-state index >= 15 is 0 Å². The number of hydrogen-bond donors (Lipinski definition) is 7. The predicted octanol–water partition coefficient (Wildman–Crippen LogP) is -0.0580. The van der Waals surface area contributed by atoms with Crippen LogP contribution in [-0.4, -0.2) is 48.6 Å². The van der Waals surface area contributed by atoms with E-state index in [1.165, 1.54) is 18.4 Å². The highest BCUT2D eigenvalue weighted by Gasteiger charge is 2.35. The minimum absolute atomic E-state index is 0.0134. The van der Waals surface area contributed by atoms with Gasteiger partial charge in [0.15, 0.2) is 0 Å². The number of methoxy groups -OCH3 is 1. The standard InChI is InChI=1S/C22H29N7O4S/c1-33-18(31)7-8-22(27,10-13-3-2-4-14(9-13)19(23)24)21(32)29-12-17(30)28-11-15-5-6-16(34-15)20(25)26/h2-6,9H,7-8,10-12,27H2,1H3,(H3,23,24)(H3,25,26)(H,28,30)(H,29,32). The van der Waals surface area contributed by atoms with Crippen molar-refractivity contribution in [2.45, 2.75) is 31.3 Å². The Kier molecular flexibility index (Phi) is 9.27. The minimum atomic E-state index is -1.51. The molecule has 12 heteroatoms. The third-order valence-electron chi connectivity index (χ3n) is 5.01. The van der Waals surface area contributed by atoms with E-state index in [2.05, 4.69) is 15.4 Å². The maximum absolute atomic E-state index is 13.0. The van der Waals surface area contributed by atoms with Gasteiger partial charge in [0.05, 0.1) is 30.6 Å². The number of esters is 1. The first-order valence-corrected chi connectivity index (χ1v) is 11.1. The Bertz CT molecular complexity index is 1080. The van der Waals surface area contributed by atoms with Crippen LogP contribution < -0.4 is 27.8 Å². The highest BCUT2D eigenvalue weighted by molar-refractivity contribution is 7.14. The van der Waals surface area contributed by atoms with Crippen LogP contribution in [0.3, 0.4) is 0 Å². The number of hydrogen-bond acceptors (Lipinski definition) is 8. The molecule has 0 aliphatic rings. The van der Waals surface area contributed by atoms with E-state index in [1.807, 2.05) is 0 Å². The van der Waals surface area contributed by atoms with Gasteiger partial charge in [-0.2, -0.15) is 0 Å². The molecule has 10 N–H and O–H groups in total. The zero-order chi connectivity index (χ0) is 25.3. The summed E-state index contributed by atoms with van der Waals surface area (Å²) in [5.41, 5.74) is 17.0. The quantitative estimate of drug-likeness (QED) is 0.123. The average Bonchev–Trinajstić information content (AvgIpc) is 3.29. The number of ether oxygens (including phenoxy) is 1. The summed E-state index contributed by atoms with van der Waals surface area (Å²) in [5, 5.41) is 20.2. The van der Waals surface area contributed by atoms with Crippen molar-refractivity contribution in [2.24, 2.45) is 17.2 Å². The molecule has 1 unspecified atom stereocenters. The number of amides is 2. The highest BCUT2D eigenvalue weighted by Crippen LogP contribution is 2.19. The normalized spacial score (nSPS) is 12.3. The van der Waals surface area contributed by atoms with E-state index in [-0.39, 0.29) is 44.0 Å². The number of nitrogen functional groups attached to an aromatic ring is 2. The zero-order valence-electron chi connectivity index (χ0n) is 18.8. The first-order chi connectivity index (χ1) is 16.0. The first-order valence-electron chi connectivity index (χ1n) is 10.3. The lowest BCUT2D eigenvalue weighted by atomic mass is 9.85. The van der Waals surface area contributed by atoms with Gasteiger partial charge >= 0.3 is 5.97 Å². The maximum atomic E-state index is 13.0. The number of carbonyl (C=O) groups excluding carboxylic acids is 3. The van der Waals surface area contributed by atoms with Crippen LogP contribution in [0, 0.1) is 10.8 Å². The van der Waals surface area contributed by atoms with Gasteiger partial charge in [-0.1, -0.05) is 18.2 Å². The van der Waals surface area contributed by atoms with Gasteiger partial charge in [-0.3, -0.25) is 25.2 Å². The molecule has 0 fully saturated rings. The third kappa shape index (κ3) is 7.67. The molecule has 0 aliphatic heterocycles. The lowest BCUT2D eigenvalue weighted by Gasteiger charge is -2.28. The molecule has 0 radical (unpaired) electrons. The van der Waals surface area contributed by atoms with E-state index in [1.54, 1.807) is 36.4 Å². The molecule has 11 nitrogen and oxygen atoms in total. The van der Waals surface area contributed by atoms with Crippen LogP contribution in [0.1, 0.15) is 33.7 Å². The average molecular weight is 488 g/mol. The van der Waals surface area contributed by atoms with Crippen molar-refractivity contribution in [3.63, 3.8) is 0 Å². The van der Waals surface area contributed by atoms with Crippen molar-refractivity contribution in [1.82, 2.24) is 10.6 Å². The number of thiophene rings is 1. The van der Waals surface area contributed by atoms with Crippen LogP contribution in [0.4, 0.5) is 0 Å². The van der Waals surface area contributed by atoms with Crippen molar-refractivity contribution < 1.29 is 19.1 Å². The lowest BCUT2D eigenvalue weighted by Crippen LogP contribution is -2.57. The van der Waals surface area contributed by atoms with Gasteiger partial charge in [0.25, 0.3) is 0 Å². The molecule has 1 atom stereocenters. The summed E-state index contributed by atoms with van der Waals surface area (Å²) in [6, 6.07) is 10.2. The molecule has 1 heterocycles. The summed E-state index contributed by atoms with van der Waals surface area (Å²) in [6.07, 6.45) is -0.0437. The SMILES string of the molecule is COC(=O)CCC(N)(Cc1cccc(C(=N)N)c1)C(=O)NCC(=O)NCc1ccc(C(=N)N)s1. The van der Waals surface area contributed by atoms with Gasteiger partial charge in [-0.15, -0.1) is 11.3 Å². The Labute approximate surface area is 201 Å². The van der Waals surface area contributed by atoms with E-state index in [0.29, 0.717) is 16.0 Å². The number of amidine groups is 2. The van der Waals surface area contributed by atoms with Crippen LogP contribution >= 0.6 is 11.3 Å². The predicted molar refractivity (Wildman–Crippen MR) is 130 cm³/mol. The zero-order valence-corrected chi connectivity index (χ0v) is 19.6. The van der Waals surface area contributed by atoms with Crippen LogP contribution in [0.2, 0.25) is 0 Å². The van der Waals surface area contributed by atoms with E-state index < -0.39 is 23.3 Å². The largest absolute Gasteiger partial charge is 0.469 e. The van der Waals surface area contributed by atoms with Crippen molar-refractivity contribution in [2.75, 3.05) is 13.7 Å². The van der Waals surface area contributed by atoms with E-state index in [9.17, 15) is 14.4 Å². The summed E-state index contributed by atoms with van der Waals surface area (Å²) in [7, 11) is 1.24. The van der Waals surface area contributed by atoms with Crippen LogP contribution in [0.15, 0.2) is 36.4 Å². The molecular formula is C22H29N7O4S. The van der Waals surface area contributed by atoms with E-state index in [0.717, 1.165) is 4.88 Å². The molecule has 2 aromatic rings. The smallest absolute Gasteiger partial charge is 0.305 e. The fourth-order valence-electron chi connectivity index (χ4n) is 3.12. The maximum Gasteiger partial charge on any atom is 0.305 e. The second kappa shape index (κ2) is 11.9. The second-order valence-electron chi connectivity index (χ2n) is 7.66. The summed E-state index contributed by atoms with van der Waals surface area (Å²) in [6.45, 7) is -0.0883. The molecule has 0 spiro atoms. The summed E-state index contributed by atoms with van der Waals surface area (Å²) < 4.78 is 4.66. The van der Waals surface area contributed by atoms with Crippen molar-refractivity contribution in [1.29, 1.82) is 10.8 Å². The highest BCUT2D eigenvalue weighted by atomic mass is 32.1. The van der Waals surface area contributed by atoms with Crippen molar-refractivity contribution in [3.05, 3.63) is 57.3 Å². The van der Waals surface area contributed by atoms with Gasteiger partial charge in [0.1, 0.15) is 11.7 Å². The summed E-state index contributed by atoms with van der Waals surface area (Å²) >= 11 is 1.29. The molecule has 0 saturated heterocycles. The van der Waals surface area contributed by atoms with E-state index in [4.69, 9.17) is 28.0 Å². The molecular weight excluding hydrogens is 458 g/mol. The Morgan fingerprint density at radius 2 is 1.82 bits per heavy atom. The Morgan fingerprint density at radius 3 is 2.44 bits per heavy atom. The van der Waals surface area contributed by atoms with Gasteiger partial charge < -0.3 is 32.6 Å². The molecule has 0 bridgehead atoms. The molecule has 0 saturated carbocycles. The van der Waals surface area contributed by atoms with Crippen LogP contribution in [0.25, 0.3) is 0 Å². The molecule has 2 amide bonds. The van der Waals surface area contributed by atoms with Crippen molar-refractivity contribution >= 4 is 40.8 Å². The number of carbonyl (C=O) groups is 3. The van der Waals surface area contributed by atoms with Gasteiger partial charge in [0, 0.05) is 16.9 Å². The Balaban J connectivity index is 2.02. The van der Waals surface area contributed by atoms with Gasteiger partial charge in [-0.05, 0) is 36.6 Å². The monoisotopic (exact) mass is 487 g/mol. The van der Waals surface area contributed by atoms with Crippen LogP contribution in [-0.2, 0) is 32.1 Å². The summed E-state index contributed by atoms with van der Waals surface area (Å²) in [5.74, 6) is -1.72. The number of nitrogens with two attached hydrogens (primary N) is 3. The molecule has 1 aromatic carbocycles. The van der Waals surface area contributed by atoms with Gasteiger partial charge in [-0.25, -0.2) is 0 Å². The molecule has 1 aromatic heterocycles. The third-order valence-corrected chi connectivity index (χ3v) is 6.13. The fourth-order valence-corrected chi connectivity index (χ4v) is 3.93. The van der Waals surface area contributed by atoms with Crippen LogP contribution in [0.5, 0.6) is 0 Å². The number of nitrogens with one attached hydrogen (secondary N) is 4. The first kappa shape index (κ1) is 26.5. The molecule has 2 rings (SSSR count). The lowest BCUT2D eigenvalue weighted by molar-refractivity contribution is -0.141. The second-order valence-corrected chi connectivity index (χ2v) is 8.83. The summed E-state index contributed by atoms with van der Waals surface area (Å²) in [4.78, 5) is 38.3. The molecule has 34 heavy (non-hydrogen) atoms. The number of rotatable bonds is 12. The van der Waals surface area contributed by atoms with Crippen molar-refractivity contribution in [3.8, 4) is 0 Å². The topological polar surface area (TPSA) is 210 Å². The Hall–Kier alpha value is -3.77.